The van der Waals surface area contributed by atoms with Crippen LogP contribution >= 0.6 is 22.6 Å². The molecule has 0 unspecified atom stereocenters. The van der Waals surface area contributed by atoms with Crippen LogP contribution in [0.4, 0.5) is 0 Å². The van der Waals surface area contributed by atoms with Crippen molar-refractivity contribution in [3.05, 3.63) is 33.4 Å². The van der Waals surface area contributed by atoms with Gasteiger partial charge in [-0.2, -0.15) is 0 Å². The molecule has 1 atom stereocenters. The van der Waals surface area contributed by atoms with Crippen LogP contribution in [0.3, 0.4) is 0 Å². The lowest BCUT2D eigenvalue weighted by atomic mass is 10.00. The number of nitrogens with one attached hydrogen (secondary N) is 1. The molecule has 94 valence electrons. The van der Waals surface area contributed by atoms with Gasteiger partial charge in [0, 0.05) is 35.8 Å². The third-order valence-corrected chi connectivity index (χ3v) is 4.40. The first kappa shape index (κ1) is 13.3. The highest BCUT2D eigenvalue weighted by atomic mass is 127. The van der Waals surface area contributed by atoms with Crippen LogP contribution in [0, 0.1) is 3.57 Å². The van der Waals surface area contributed by atoms with Crippen molar-refractivity contribution in [1.82, 2.24) is 10.2 Å². The molecule has 0 amide bonds. The highest BCUT2D eigenvalue weighted by Gasteiger charge is 2.22. The topological polar surface area (TPSA) is 15.3 Å². The van der Waals surface area contributed by atoms with Gasteiger partial charge in [0.1, 0.15) is 0 Å². The predicted molar refractivity (Wildman–Crippen MR) is 81.3 cm³/mol. The van der Waals surface area contributed by atoms with Gasteiger partial charge in [-0.25, -0.2) is 0 Å². The van der Waals surface area contributed by atoms with E-state index < -0.39 is 0 Å². The largest absolute Gasteiger partial charge is 0.314 e. The van der Waals surface area contributed by atoms with Gasteiger partial charge in [-0.05, 0) is 40.6 Å². The van der Waals surface area contributed by atoms with Crippen molar-refractivity contribution in [2.24, 2.45) is 0 Å². The van der Waals surface area contributed by atoms with Crippen molar-refractivity contribution in [3.8, 4) is 0 Å². The molecule has 1 aromatic carbocycles. The molecule has 2 nitrogen and oxygen atoms in total. The molecular weight excluding hydrogens is 323 g/mol. The molecule has 0 bridgehead atoms. The monoisotopic (exact) mass is 344 g/mol. The molecule has 0 saturated carbocycles. The summed E-state index contributed by atoms with van der Waals surface area (Å²) in [4.78, 5) is 2.64. The summed E-state index contributed by atoms with van der Waals surface area (Å²) in [6, 6.07) is 9.43. The van der Waals surface area contributed by atoms with Crippen molar-refractivity contribution in [3.63, 3.8) is 0 Å². The number of hydrogen-bond donors (Lipinski definition) is 1. The lowest BCUT2D eigenvalue weighted by Gasteiger charge is -2.35. The zero-order valence-electron chi connectivity index (χ0n) is 10.5. The maximum absolute atomic E-state index is 3.43. The van der Waals surface area contributed by atoms with Crippen LogP contribution in [0.1, 0.15) is 31.4 Å². The van der Waals surface area contributed by atoms with Gasteiger partial charge in [-0.1, -0.05) is 31.5 Å². The number of nitrogens with zero attached hydrogens (tertiary/aromatic N) is 1. The molecule has 1 fully saturated rings. The van der Waals surface area contributed by atoms with Crippen LogP contribution in [-0.2, 0) is 0 Å². The molecule has 1 heterocycles. The van der Waals surface area contributed by atoms with Crippen LogP contribution in [0.2, 0.25) is 0 Å². The van der Waals surface area contributed by atoms with Gasteiger partial charge in [0.05, 0.1) is 0 Å². The van der Waals surface area contributed by atoms with Crippen molar-refractivity contribution < 1.29 is 0 Å². The van der Waals surface area contributed by atoms with Crippen molar-refractivity contribution >= 4 is 22.6 Å². The summed E-state index contributed by atoms with van der Waals surface area (Å²) in [6.07, 6.45) is 2.51. The van der Waals surface area contributed by atoms with E-state index in [1.807, 2.05) is 0 Å². The molecule has 3 heteroatoms. The SMILES string of the molecule is CCC[C@H](c1ccccc1I)N1CCNCC1. The third-order valence-electron chi connectivity index (χ3n) is 3.42. The minimum Gasteiger partial charge on any atom is -0.314 e. The first-order valence-corrected chi connectivity index (χ1v) is 7.60. The van der Waals surface area contributed by atoms with E-state index in [1.54, 1.807) is 0 Å². The highest BCUT2D eigenvalue weighted by molar-refractivity contribution is 14.1. The van der Waals surface area contributed by atoms with Crippen LogP contribution in [0.25, 0.3) is 0 Å². The van der Waals surface area contributed by atoms with Gasteiger partial charge >= 0.3 is 0 Å². The van der Waals surface area contributed by atoms with Crippen LogP contribution in [-0.4, -0.2) is 31.1 Å². The molecule has 2 rings (SSSR count). The Labute approximate surface area is 118 Å². The molecule has 1 saturated heterocycles. The van der Waals surface area contributed by atoms with Gasteiger partial charge in [0.2, 0.25) is 0 Å². The molecular formula is C14H21IN2. The van der Waals surface area contributed by atoms with Crippen molar-refractivity contribution in [2.45, 2.75) is 25.8 Å². The number of hydrogen-bond acceptors (Lipinski definition) is 2. The Balaban J connectivity index is 2.18. The Morgan fingerprint density at radius 3 is 2.65 bits per heavy atom. The van der Waals surface area contributed by atoms with E-state index in [1.165, 1.54) is 35.1 Å². The van der Waals surface area contributed by atoms with Gasteiger partial charge in [0.15, 0.2) is 0 Å². The molecule has 0 aromatic heterocycles. The average Bonchev–Trinajstić information content (AvgIpc) is 2.38. The molecule has 1 aliphatic heterocycles. The summed E-state index contributed by atoms with van der Waals surface area (Å²) in [7, 11) is 0. The second-order valence-electron chi connectivity index (χ2n) is 4.61. The standard InChI is InChI=1S/C14H21IN2/c1-2-5-14(17-10-8-16-9-11-17)12-6-3-4-7-13(12)15/h3-4,6-7,14,16H,2,5,8-11H2,1H3/t14-/m1/s1. The maximum atomic E-state index is 3.43. The number of benzene rings is 1. The first-order valence-electron chi connectivity index (χ1n) is 6.52. The second-order valence-corrected chi connectivity index (χ2v) is 5.77. The molecule has 1 N–H and O–H groups in total. The Bertz CT molecular complexity index is 348. The molecule has 1 aliphatic rings. The minimum absolute atomic E-state index is 0.607. The minimum atomic E-state index is 0.607. The fourth-order valence-electron chi connectivity index (χ4n) is 2.55. The Kier molecular flexibility index (Phi) is 5.25. The maximum Gasteiger partial charge on any atom is 0.0359 e. The average molecular weight is 344 g/mol. The van der Waals surface area contributed by atoms with Crippen molar-refractivity contribution in [2.75, 3.05) is 26.2 Å². The van der Waals surface area contributed by atoms with E-state index >= 15 is 0 Å². The summed E-state index contributed by atoms with van der Waals surface area (Å²) in [5.41, 5.74) is 1.51. The molecule has 17 heavy (non-hydrogen) atoms. The second kappa shape index (κ2) is 6.71. The predicted octanol–water partition coefficient (Wildman–Crippen LogP) is 3.04. The van der Waals surface area contributed by atoms with Crippen LogP contribution < -0.4 is 5.32 Å². The van der Waals surface area contributed by atoms with Gasteiger partial charge in [-0.3, -0.25) is 4.90 Å². The third kappa shape index (κ3) is 3.42. The van der Waals surface area contributed by atoms with Crippen molar-refractivity contribution in [1.29, 1.82) is 0 Å². The number of piperazine rings is 1. The summed E-state index contributed by atoms with van der Waals surface area (Å²) in [6.45, 7) is 6.89. The molecule has 0 aliphatic carbocycles. The van der Waals surface area contributed by atoms with E-state index in [0.29, 0.717) is 6.04 Å². The fraction of sp³-hybridized carbons (Fsp3) is 0.571. The fourth-order valence-corrected chi connectivity index (χ4v) is 3.29. The smallest absolute Gasteiger partial charge is 0.0359 e. The Morgan fingerprint density at radius 1 is 1.29 bits per heavy atom. The quantitative estimate of drug-likeness (QED) is 0.845. The Morgan fingerprint density at radius 2 is 2.00 bits per heavy atom. The first-order chi connectivity index (χ1) is 8.33. The van der Waals surface area contributed by atoms with E-state index in [9.17, 15) is 0 Å². The number of rotatable bonds is 4. The zero-order chi connectivity index (χ0) is 12.1. The summed E-state index contributed by atoms with van der Waals surface area (Å²) < 4.78 is 1.40. The van der Waals surface area contributed by atoms with E-state index in [0.717, 1.165) is 13.1 Å². The normalized spacial score (nSPS) is 19.2. The van der Waals surface area contributed by atoms with Gasteiger partial charge in [0.25, 0.3) is 0 Å². The molecule has 1 aromatic rings. The lowest BCUT2D eigenvalue weighted by molar-refractivity contribution is 0.164. The van der Waals surface area contributed by atoms with Crippen LogP contribution in [0.5, 0.6) is 0 Å². The molecule has 0 spiro atoms. The number of halogens is 1. The summed E-state index contributed by atoms with van der Waals surface area (Å²) in [5, 5.41) is 3.43. The summed E-state index contributed by atoms with van der Waals surface area (Å²) >= 11 is 2.47. The lowest BCUT2D eigenvalue weighted by Crippen LogP contribution is -2.45. The van der Waals surface area contributed by atoms with Crippen LogP contribution in [0.15, 0.2) is 24.3 Å². The van der Waals surface area contributed by atoms with E-state index in [2.05, 4.69) is 64.0 Å². The Hall–Kier alpha value is -0.130. The summed E-state index contributed by atoms with van der Waals surface area (Å²) in [5.74, 6) is 0. The zero-order valence-corrected chi connectivity index (χ0v) is 12.6. The van der Waals surface area contributed by atoms with Gasteiger partial charge < -0.3 is 5.32 Å². The van der Waals surface area contributed by atoms with E-state index in [-0.39, 0.29) is 0 Å². The van der Waals surface area contributed by atoms with Gasteiger partial charge in [-0.15, -0.1) is 0 Å². The van der Waals surface area contributed by atoms with E-state index in [4.69, 9.17) is 0 Å². The highest BCUT2D eigenvalue weighted by Crippen LogP contribution is 2.29. The molecule has 0 radical (unpaired) electrons.